The second kappa shape index (κ2) is 5.83. The Balaban J connectivity index is 2.27. The van der Waals surface area contributed by atoms with Crippen molar-refractivity contribution in [3.63, 3.8) is 0 Å². The number of para-hydroxylation sites is 1. The maximum absolute atomic E-state index is 12.0. The number of anilines is 1. The molecule has 102 valence electrons. The molecule has 0 spiro atoms. The number of hydrogen-bond acceptors (Lipinski definition) is 3. The Morgan fingerprint density at radius 3 is 2.60 bits per heavy atom. The normalized spacial score (nSPS) is 10.0. The second-order valence-corrected chi connectivity index (χ2v) is 4.09. The first-order valence-electron chi connectivity index (χ1n) is 5.86. The van der Waals surface area contributed by atoms with Gasteiger partial charge in [-0.1, -0.05) is 18.2 Å². The number of hydrogen-bond donors (Lipinski definition) is 3. The summed E-state index contributed by atoms with van der Waals surface area (Å²) in [5, 5.41) is 11.4. The minimum Gasteiger partial charge on any atom is -0.481 e. The van der Waals surface area contributed by atoms with Crippen LogP contribution < -0.4 is 10.9 Å². The van der Waals surface area contributed by atoms with Crippen LogP contribution in [-0.2, 0) is 11.2 Å². The standard InChI is InChI=1S/C14H12N2O4/c17-12(18)8-9-4-1-2-6-11(9)16-14(20)10-5-3-7-15-13(10)19/h1-7H,8H2,(H,15,19)(H,16,20)(H,17,18). The quantitative estimate of drug-likeness (QED) is 0.780. The number of rotatable bonds is 4. The molecule has 0 saturated heterocycles. The van der Waals surface area contributed by atoms with E-state index >= 15 is 0 Å². The average molecular weight is 272 g/mol. The maximum Gasteiger partial charge on any atom is 0.307 e. The number of pyridine rings is 1. The van der Waals surface area contributed by atoms with Crippen molar-refractivity contribution in [3.05, 3.63) is 64.1 Å². The van der Waals surface area contributed by atoms with Crippen LogP contribution in [0, 0.1) is 0 Å². The van der Waals surface area contributed by atoms with Crippen molar-refractivity contribution in [3.8, 4) is 0 Å². The number of aromatic nitrogens is 1. The van der Waals surface area contributed by atoms with Crippen LogP contribution in [-0.4, -0.2) is 22.0 Å². The fourth-order valence-corrected chi connectivity index (χ4v) is 1.75. The zero-order valence-electron chi connectivity index (χ0n) is 10.4. The SMILES string of the molecule is O=C(O)Cc1ccccc1NC(=O)c1ccc[nH]c1=O. The third-order valence-corrected chi connectivity index (χ3v) is 2.67. The molecule has 2 aromatic rings. The van der Waals surface area contributed by atoms with Crippen molar-refractivity contribution in [2.24, 2.45) is 0 Å². The van der Waals surface area contributed by atoms with E-state index < -0.39 is 17.4 Å². The molecule has 0 fully saturated rings. The molecule has 20 heavy (non-hydrogen) atoms. The molecule has 3 N–H and O–H groups in total. The molecule has 2 rings (SSSR count). The molecule has 6 nitrogen and oxygen atoms in total. The summed E-state index contributed by atoms with van der Waals surface area (Å²) in [7, 11) is 0. The van der Waals surface area contributed by atoms with E-state index in [0.717, 1.165) is 0 Å². The van der Waals surface area contributed by atoms with Gasteiger partial charge in [0.15, 0.2) is 0 Å². The number of amides is 1. The molecule has 0 saturated carbocycles. The second-order valence-electron chi connectivity index (χ2n) is 4.09. The Kier molecular flexibility index (Phi) is 3.95. The molecular weight excluding hydrogens is 260 g/mol. The number of aromatic amines is 1. The monoisotopic (exact) mass is 272 g/mol. The summed E-state index contributed by atoms with van der Waals surface area (Å²) in [6.45, 7) is 0. The number of benzene rings is 1. The third kappa shape index (κ3) is 3.11. The van der Waals surface area contributed by atoms with E-state index in [4.69, 9.17) is 5.11 Å². The van der Waals surface area contributed by atoms with Gasteiger partial charge in [-0.05, 0) is 23.8 Å². The van der Waals surface area contributed by atoms with Crippen molar-refractivity contribution in [2.45, 2.75) is 6.42 Å². The van der Waals surface area contributed by atoms with Gasteiger partial charge in [0.05, 0.1) is 6.42 Å². The van der Waals surface area contributed by atoms with Crippen LogP contribution >= 0.6 is 0 Å². The summed E-state index contributed by atoms with van der Waals surface area (Å²) in [5.41, 5.74) is 0.321. The van der Waals surface area contributed by atoms with Gasteiger partial charge in [-0.3, -0.25) is 14.4 Å². The van der Waals surface area contributed by atoms with Crippen molar-refractivity contribution >= 4 is 17.6 Å². The number of carbonyl (C=O) groups is 2. The fraction of sp³-hybridized carbons (Fsp3) is 0.0714. The van der Waals surface area contributed by atoms with Gasteiger partial charge >= 0.3 is 5.97 Å². The van der Waals surface area contributed by atoms with E-state index in [0.29, 0.717) is 11.3 Å². The van der Waals surface area contributed by atoms with Gasteiger partial charge in [0.1, 0.15) is 5.56 Å². The Labute approximate surface area is 114 Å². The number of aliphatic carboxylic acids is 1. The first-order chi connectivity index (χ1) is 9.58. The van der Waals surface area contributed by atoms with E-state index in [1.807, 2.05) is 0 Å². The molecule has 1 heterocycles. The lowest BCUT2D eigenvalue weighted by Gasteiger charge is -2.09. The van der Waals surface area contributed by atoms with Gasteiger partial charge in [-0.15, -0.1) is 0 Å². The van der Waals surface area contributed by atoms with Gasteiger partial charge in [0.25, 0.3) is 11.5 Å². The zero-order chi connectivity index (χ0) is 14.5. The fourth-order valence-electron chi connectivity index (χ4n) is 1.75. The summed E-state index contributed by atoms with van der Waals surface area (Å²) >= 11 is 0. The average Bonchev–Trinajstić information content (AvgIpc) is 2.41. The van der Waals surface area contributed by atoms with Crippen LogP contribution in [0.25, 0.3) is 0 Å². The Bertz CT molecular complexity index is 706. The van der Waals surface area contributed by atoms with Gasteiger partial charge in [-0.25, -0.2) is 0 Å². The molecule has 0 atom stereocenters. The molecule has 1 aromatic heterocycles. The summed E-state index contributed by atoms with van der Waals surface area (Å²) in [4.78, 5) is 36.7. The third-order valence-electron chi connectivity index (χ3n) is 2.67. The van der Waals surface area contributed by atoms with Crippen LogP contribution in [0.5, 0.6) is 0 Å². The molecular formula is C14H12N2O4. The van der Waals surface area contributed by atoms with E-state index in [-0.39, 0.29) is 12.0 Å². The smallest absolute Gasteiger partial charge is 0.307 e. The molecule has 0 aliphatic heterocycles. The molecule has 0 unspecified atom stereocenters. The van der Waals surface area contributed by atoms with E-state index in [9.17, 15) is 14.4 Å². The van der Waals surface area contributed by atoms with Crippen LogP contribution in [0.15, 0.2) is 47.4 Å². The van der Waals surface area contributed by atoms with Crippen LogP contribution in [0.4, 0.5) is 5.69 Å². The number of H-pyrrole nitrogens is 1. The molecule has 0 aliphatic carbocycles. The van der Waals surface area contributed by atoms with Crippen molar-refractivity contribution in [1.29, 1.82) is 0 Å². The van der Waals surface area contributed by atoms with Crippen molar-refractivity contribution in [2.75, 3.05) is 5.32 Å². The largest absolute Gasteiger partial charge is 0.481 e. The lowest BCUT2D eigenvalue weighted by molar-refractivity contribution is -0.136. The molecule has 1 amide bonds. The van der Waals surface area contributed by atoms with Crippen molar-refractivity contribution < 1.29 is 14.7 Å². The first kappa shape index (κ1) is 13.5. The summed E-state index contributed by atoms with van der Waals surface area (Å²) in [5.74, 6) is -1.58. The molecule has 6 heteroatoms. The number of nitrogens with one attached hydrogen (secondary N) is 2. The van der Waals surface area contributed by atoms with Gasteiger partial charge in [0.2, 0.25) is 0 Å². The van der Waals surface area contributed by atoms with Crippen LogP contribution in [0.3, 0.4) is 0 Å². The van der Waals surface area contributed by atoms with Gasteiger partial charge < -0.3 is 15.4 Å². The first-order valence-corrected chi connectivity index (χ1v) is 5.86. The van der Waals surface area contributed by atoms with Crippen LogP contribution in [0.1, 0.15) is 15.9 Å². The van der Waals surface area contributed by atoms with Gasteiger partial charge in [-0.2, -0.15) is 0 Å². The zero-order valence-corrected chi connectivity index (χ0v) is 10.4. The summed E-state index contributed by atoms with van der Waals surface area (Å²) < 4.78 is 0. The minimum atomic E-state index is -0.996. The topological polar surface area (TPSA) is 99.3 Å². The van der Waals surface area contributed by atoms with E-state index in [1.165, 1.54) is 12.3 Å². The maximum atomic E-state index is 12.0. The number of carboxylic acids is 1. The minimum absolute atomic E-state index is 0.0300. The Morgan fingerprint density at radius 2 is 1.90 bits per heavy atom. The highest BCUT2D eigenvalue weighted by Gasteiger charge is 2.13. The number of carboxylic acid groups (broad SMARTS) is 1. The lowest BCUT2D eigenvalue weighted by Crippen LogP contribution is -2.23. The van der Waals surface area contributed by atoms with Crippen molar-refractivity contribution in [1.82, 2.24) is 4.98 Å². The van der Waals surface area contributed by atoms with Gasteiger partial charge in [0, 0.05) is 11.9 Å². The Hall–Kier alpha value is -2.89. The molecule has 0 aliphatic rings. The lowest BCUT2D eigenvalue weighted by atomic mass is 10.1. The Morgan fingerprint density at radius 1 is 1.15 bits per heavy atom. The number of carbonyl (C=O) groups excluding carboxylic acids is 1. The molecule has 1 aromatic carbocycles. The summed E-state index contributed by atoms with van der Waals surface area (Å²) in [6, 6.07) is 9.50. The molecule has 0 bridgehead atoms. The van der Waals surface area contributed by atoms with E-state index in [2.05, 4.69) is 10.3 Å². The molecule has 0 radical (unpaired) electrons. The van der Waals surface area contributed by atoms with Crippen LogP contribution in [0.2, 0.25) is 0 Å². The summed E-state index contributed by atoms with van der Waals surface area (Å²) in [6.07, 6.45) is 1.22. The highest BCUT2D eigenvalue weighted by molar-refractivity contribution is 6.04. The van der Waals surface area contributed by atoms with E-state index in [1.54, 1.807) is 30.3 Å². The predicted octanol–water partition coefficient (Wildman–Crippen LogP) is 1.25. The highest BCUT2D eigenvalue weighted by Crippen LogP contribution is 2.16. The predicted molar refractivity (Wildman–Crippen MR) is 72.8 cm³/mol. The highest BCUT2D eigenvalue weighted by atomic mass is 16.4.